The van der Waals surface area contributed by atoms with E-state index in [1.807, 2.05) is 20.8 Å². The van der Waals surface area contributed by atoms with E-state index in [1.54, 1.807) is 11.2 Å². The lowest BCUT2D eigenvalue weighted by atomic mass is 10.1. The molecule has 0 bridgehead atoms. The van der Waals surface area contributed by atoms with Gasteiger partial charge in [0, 0.05) is 18.7 Å². The smallest absolute Gasteiger partial charge is 0.410 e. The highest BCUT2D eigenvalue weighted by atomic mass is 16.6. The first-order chi connectivity index (χ1) is 9.44. The summed E-state index contributed by atoms with van der Waals surface area (Å²) in [6.07, 6.45) is 2.50. The molecule has 20 heavy (non-hydrogen) atoms. The quantitative estimate of drug-likeness (QED) is 0.784. The van der Waals surface area contributed by atoms with Crippen molar-refractivity contribution in [2.45, 2.75) is 45.9 Å². The number of hydrogen-bond acceptors (Lipinski definition) is 5. The fraction of sp³-hybridized carbons (Fsp3) is 0.643. The fourth-order valence-corrected chi connectivity index (χ4v) is 2.42. The first-order valence-corrected chi connectivity index (χ1v) is 7.00. The zero-order chi connectivity index (χ0) is 14.3. The number of amides is 1. The van der Waals surface area contributed by atoms with E-state index in [1.165, 1.54) is 6.42 Å². The van der Waals surface area contributed by atoms with Crippen LogP contribution in [0.2, 0.25) is 0 Å². The summed E-state index contributed by atoms with van der Waals surface area (Å²) in [5, 5.41) is 0. The van der Waals surface area contributed by atoms with Gasteiger partial charge in [-0.3, -0.25) is 4.90 Å². The molecule has 1 saturated heterocycles. The molecule has 108 valence electrons. The molecule has 0 unspecified atom stereocenters. The Morgan fingerprint density at radius 3 is 2.60 bits per heavy atom. The van der Waals surface area contributed by atoms with E-state index in [9.17, 15) is 4.79 Å². The maximum absolute atomic E-state index is 12.1. The first-order valence-electron chi connectivity index (χ1n) is 7.00. The van der Waals surface area contributed by atoms with E-state index in [0.29, 0.717) is 13.1 Å². The normalized spacial score (nSPS) is 17.8. The zero-order valence-corrected chi connectivity index (χ0v) is 12.2. The summed E-state index contributed by atoms with van der Waals surface area (Å²) in [5.41, 5.74) is 1.53. The van der Waals surface area contributed by atoms with Gasteiger partial charge < -0.3 is 9.64 Å². The summed E-state index contributed by atoms with van der Waals surface area (Å²) < 4.78 is 5.42. The van der Waals surface area contributed by atoms with Crippen LogP contribution in [-0.4, -0.2) is 39.7 Å². The van der Waals surface area contributed by atoms with Crippen molar-refractivity contribution in [3.05, 3.63) is 17.6 Å². The highest BCUT2D eigenvalue weighted by molar-refractivity contribution is 5.70. The fourth-order valence-electron chi connectivity index (χ4n) is 2.42. The van der Waals surface area contributed by atoms with Crippen molar-refractivity contribution >= 4 is 11.9 Å². The average molecular weight is 276 g/mol. The van der Waals surface area contributed by atoms with Gasteiger partial charge in [0.05, 0.1) is 18.8 Å². The third-order valence-corrected chi connectivity index (χ3v) is 3.51. The van der Waals surface area contributed by atoms with E-state index >= 15 is 0 Å². The van der Waals surface area contributed by atoms with Gasteiger partial charge in [0.15, 0.2) is 0 Å². The minimum absolute atomic E-state index is 0.287. The summed E-state index contributed by atoms with van der Waals surface area (Å²) >= 11 is 0. The summed E-state index contributed by atoms with van der Waals surface area (Å²) in [4.78, 5) is 24.7. The zero-order valence-electron chi connectivity index (χ0n) is 12.2. The Bertz CT molecular complexity index is 534. The second kappa shape index (κ2) is 4.61. The Labute approximate surface area is 118 Å². The van der Waals surface area contributed by atoms with Crippen molar-refractivity contribution in [2.24, 2.45) is 0 Å². The van der Waals surface area contributed by atoms with Crippen molar-refractivity contribution in [3.63, 3.8) is 0 Å². The third-order valence-electron chi connectivity index (χ3n) is 3.51. The number of rotatable bonds is 1. The number of carbonyl (C=O) groups is 1. The minimum atomic E-state index is -0.474. The highest BCUT2D eigenvalue weighted by Gasteiger charge is 2.32. The van der Waals surface area contributed by atoms with Crippen LogP contribution in [0.3, 0.4) is 0 Å². The van der Waals surface area contributed by atoms with E-state index < -0.39 is 5.60 Å². The molecular formula is C14H20N4O2. The molecule has 0 spiro atoms. The third kappa shape index (κ3) is 2.42. The molecule has 1 aromatic rings. The second-order valence-electron chi connectivity index (χ2n) is 6.30. The minimum Gasteiger partial charge on any atom is -0.444 e. The van der Waals surface area contributed by atoms with Crippen LogP contribution in [0.1, 0.15) is 38.4 Å². The summed E-state index contributed by atoms with van der Waals surface area (Å²) in [6, 6.07) is 0. The van der Waals surface area contributed by atoms with Gasteiger partial charge in [0.2, 0.25) is 0 Å². The topological polar surface area (TPSA) is 58.6 Å². The van der Waals surface area contributed by atoms with Gasteiger partial charge in [0.1, 0.15) is 17.7 Å². The van der Waals surface area contributed by atoms with Crippen molar-refractivity contribution in [1.82, 2.24) is 14.9 Å². The Morgan fingerprint density at radius 2 is 2.00 bits per heavy atom. The SMILES string of the molecule is CC(C)(C)OC(=O)N1Cc2ncnc(N3CCC3)c2C1. The predicted molar refractivity (Wildman–Crippen MR) is 74.3 cm³/mol. The number of fused-ring (bicyclic) bond motifs is 1. The molecular weight excluding hydrogens is 256 g/mol. The second-order valence-corrected chi connectivity index (χ2v) is 6.30. The maximum atomic E-state index is 12.1. The van der Waals surface area contributed by atoms with Crippen LogP contribution >= 0.6 is 0 Å². The number of nitrogens with zero attached hydrogens (tertiary/aromatic N) is 4. The Balaban J connectivity index is 1.76. The lowest BCUT2D eigenvalue weighted by Gasteiger charge is -2.33. The van der Waals surface area contributed by atoms with Gasteiger partial charge in [0.25, 0.3) is 0 Å². The number of aromatic nitrogens is 2. The van der Waals surface area contributed by atoms with Gasteiger partial charge in [-0.15, -0.1) is 0 Å². The van der Waals surface area contributed by atoms with Gasteiger partial charge in [-0.1, -0.05) is 0 Å². The van der Waals surface area contributed by atoms with E-state index in [-0.39, 0.29) is 6.09 Å². The number of ether oxygens (including phenoxy) is 1. The van der Waals surface area contributed by atoms with Crippen molar-refractivity contribution in [3.8, 4) is 0 Å². The maximum Gasteiger partial charge on any atom is 0.410 e. The molecule has 3 heterocycles. The summed E-state index contributed by atoms with van der Waals surface area (Å²) in [5.74, 6) is 0.979. The monoisotopic (exact) mass is 276 g/mol. The number of anilines is 1. The summed E-state index contributed by atoms with van der Waals surface area (Å²) in [6.45, 7) is 8.74. The van der Waals surface area contributed by atoms with Crippen molar-refractivity contribution < 1.29 is 9.53 Å². The molecule has 2 aliphatic rings. The Hall–Kier alpha value is -1.85. The van der Waals surface area contributed by atoms with Crippen LogP contribution < -0.4 is 4.90 Å². The molecule has 0 aliphatic carbocycles. The Kier molecular flexibility index (Phi) is 3.03. The van der Waals surface area contributed by atoms with Crippen LogP contribution in [0.25, 0.3) is 0 Å². The van der Waals surface area contributed by atoms with E-state index in [0.717, 1.165) is 30.2 Å². The molecule has 2 aliphatic heterocycles. The van der Waals surface area contributed by atoms with Crippen LogP contribution in [0.5, 0.6) is 0 Å². The Morgan fingerprint density at radius 1 is 1.25 bits per heavy atom. The summed E-state index contributed by atoms with van der Waals surface area (Å²) in [7, 11) is 0. The van der Waals surface area contributed by atoms with Gasteiger partial charge in [-0.05, 0) is 27.2 Å². The number of carbonyl (C=O) groups excluding carboxylic acids is 1. The first kappa shape index (κ1) is 13.1. The van der Waals surface area contributed by atoms with Crippen LogP contribution in [0.4, 0.5) is 10.6 Å². The van der Waals surface area contributed by atoms with Crippen molar-refractivity contribution in [1.29, 1.82) is 0 Å². The van der Waals surface area contributed by atoms with E-state index in [2.05, 4.69) is 14.9 Å². The lowest BCUT2D eigenvalue weighted by Crippen LogP contribution is -2.38. The van der Waals surface area contributed by atoms with Gasteiger partial charge in [-0.2, -0.15) is 0 Å². The average Bonchev–Trinajstić information content (AvgIpc) is 2.69. The molecule has 0 radical (unpaired) electrons. The van der Waals surface area contributed by atoms with Gasteiger partial charge >= 0.3 is 6.09 Å². The molecule has 6 heteroatoms. The molecule has 0 saturated carbocycles. The van der Waals surface area contributed by atoms with Crippen molar-refractivity contribution in [2.75, 3.05) is 18.0 Å². The molecule has 1 aromatic heterocycles. The highest BCUT2D eigenvalue weighted by Crippen LogP contribution is 2.31. The molecule has 6 nitrogen and oxygen atoms in total. The van der Waals surface area contributed by atoms with Crippen LogP contribution in [-0.2, 0) is 17.8 Å². The van der Waals surface area contributed by atoms with Crippen LogP contribution in [0, 0.1) is 0 Å². The molecule has 0 atom stereocenters. The van der Waals surface area contributed by atoms with E-state index in [4.69, 9.17) is 4.74 Å². The molecule has 1 amide bonds. The molecule has 1 fully saturated rings. The van der Waals surface area contributed by atoms with Gasteiger partial charge in [-0.25, -0.2) is 14.8 Å². The molecule has 3 rings (SSSR count). The van der Waals surface area contributed by atoms with Crippen LogP contribution in [0.15, 0.2) is 6.33 Å². The lowest BCUT2D eigenvalue weighted by molar-refractivity contribution is 0.0241. The standard InChI is InChI=1S/C14H20N4O2/c1-14(2,3)20-13(19)18-7-10-11(8-18)15-9-16-12(10)17-5-4-6-17/h9H,4-8H2,1-3H3. The number of hydrogen-bond donors (Lipinski definition) is 0. The molecule has 0 N–H and O–H groups in total. The predicted octanol–water partition coefficient (Wildman–Crippen LogP) is 1.94. The largest absolute Gasteiger partial charge is 0.444 e. The molecule has 0 aromatic carbocycles.